The van der Waals surface area contributed by atoms with Crippen LogP contribution < -0.4 is 15.5 Å². The fourth-order valence-electron chi connectivity index (χ4n) is 1.50. The third kappa shape index (κ3) is 2.57. The molecule has 82 valence electrons. The predicted molar refractivity (Wildman–Crippen MR) is 55.3 cm³/mol. The molecule has 1 aliphatic heterocycles. The fourth-order valence-corrected chi connectivity index (χ4v) is 1.50. The van der Waals surface area contributed by atoms with Gasteiger partial charge in [0.15, 0.2) is 0 Å². The number of carbonyl (C=O) groups excluding carboxylic acids is 1. The second-order valence-corrected chi connectivity index (χ2v) is 3.72. The van der Waals surface area contributed by atoms with Crippen LogP contribution in [0.5, 0.6) is 0 Å². The zero-order valence-electron chi connectivity index (χ0n) is 8.64. The molecule has 2 atom stereocenters. The van der Waals surface area contributed by atoms with Gasteiger partial charge in [0.1, 0.15) is 6.04 Å². The van der Waals surface area contributed by atoms with E-state index in [1.807, 2.05) is 12.1 Å². The van der Waals surface area contributed by atoms with Gasteiger partial charge in [-0.3, -0.25) is 0 Å². The molecule has 1 aliphatic rings. The molecule has 1 saturated heterocycles. The van der Waals surface area contributed by atoms with Gasteiger partial charge >= 0.3 is 5.97 Å². The van der Waals surface area contributed by atoms with Gasteiger partial charge in [-0.25, -0.2) is 4.79 Å². The van der Waals surface area contributed by atoms with Crippen molar-refractivity contribution in [3.8, 4) is 0 Å². The molecule has 15 heavy (non-hydrogen) atoms. The van der Waals surface area contributed by atoms with E-state index in [0.29, 0.717) is 12.6 Å². The summed E-state index contributed by atoms with van der Waals surface area (Å²) in [7, 11) is 0. The van der Waals surface area contributed by atoms with E-state index in [0.717, 1.165) is 6.54 Å². The van der Waals surface area contributed by atoms with Gasteiger partial charge in [-0.2, -0.15) is 4.73 Å². The Balaban J connectivity index is 1.86. The van der Waals surface area contributed by atoms with Crippen molar-refractivity contribution in [3.63, 3.8) is 0 Å². The summed E-state index contributed by atoms with van der Waals surface area (Å²) in [6.45, 7) is 3.47. The molecule has 0 bridgehead atoms. The van der Waals surface area contributed by atoms with Gasteiger partial charge in [0.2, 0.25) is 0 Å². The van der Waals surface area contributed by atoms with Crippen LogP contribution >= 0.6 is 0 Å². The summed E-state index contributed by atoms with van der Waals surface area (Å²) < 4.78 is 1.40. The Labute approximate surface area is 88.4 Å². The van der Waals surface area contributed by atoms with Gasteiger partial charge in [-0.15, -0.1) is 0 Å². The number of aromatic nitrogens is 1. The molecule has 0 radical (unpaired) electrons. The number of rotatable bonds is 2. The minimum atomic E-state index is -0.261. The van der Waals surface area contributed by atoms with Crippen LogP contribution in [0.15, 0.2) is 24.5 Å². The minimum Gasteiger partial charge on any atom is -0.335 e. The molecule has 2 N–H and O–H groups in total. The summed E-state index contributed by atoms with van der Waals surface area (Å²) in [5.74, 6) is -0.259. The largest absolute Gasteiger partial charge is 0.350 e. The molecule has 5 heteroatoms. The maximum Gasteiger partial charge on any atom is 0.350 e. The van der Waals surface area contributed by atoms with Gasteiger partial charge in [-0.1, -0.05) is 0 Å². The van der Waals surface area contributed by atoms with Crippen LogP contribution in [0.25, 0.3) is 0 Å². The van der Waals surface area contributed by atoms with Crippen molar-refractivity contribution in [3.05, 3.63) is 24.5 Å². The van der Waals surface area contributed by atoms with E-state index in [4.69, 9.17) is 4.84 Å². The van der Waals surface area contributed by atoms with Gasteiger partial charge in [0, 0.05) is 31.5 Å². The van der Waals surface area contributed by atoms with Crippen LogP contribution in [-0.4, -0.2) is 35.9 Å². The van der Waals surface area contributed by atoms with Gasteiger partial charge < -0.3 is 15.5 Å². The lowest BCUT2D eigenvalue weighted by molar-refractivity contribution is -0.147. The van der Waals surface area contributed by atoms with Crippen molar-refractivity contribution < 1.29 is 9.63 Å². The topological polar surface area (TPSA) is 55.3 Å². The van der Waals surface area contributed by atoms with Crippen molar-refractivity contribution in [2.75, 3.05) is 13.1 Å². The van der Waals surface area contributed by atoms with E-state index in [1.165, 1.54) is 4.73 Å². The number of hydrogen-bond donors (Lipinski definition) is 2. The highest BCUT2D eigenvalue weighted by atomic mass is 16.7. The van der Waals surface area contributed by atoms with Crippen molar-refractivity contribution in [2.45, 2.75) is 19.0 Å². The second-order valence-electron chi connectivity index (χ2n) is 3.72. The average Bonchev–Trinajstić information content (AvgIpc) is 2.71. The first kappa shape index (κ1) is 10.2. The summed E-state index contributed by atoms with van der Waals surface area (Å²) >= 11 is 0. The molecule has 0 amide bonds. The van der Waals surface area contributed by atoms with Gasteiger partial charge in [0.05, 0.1) is 0 Å². The predicted octanol–water partition coefficient (Wildman–Crippen LogP) is -0.607. The minimum absolute atomic E-state index is 0.259. The first-order chi connectivity index (χ1) is 7.25. The Morgan fingerprint density at radius 1 is 1.33 bits per heavy atom. The number of nitrogens with one attached hydrogen (secondary N) is 2. The summed E-state index contributed by atoms with van der Waals surface area (Å²) in [6, 6.07) is 3.76. The number of nitrogens with zero attached hydrogens (tertiary/aromatic N) is 1. The standard InChI is InChI=1S/C10H15N3O2/c1-8-6-12-9(7-11-8)10(14)15-13-4-2-3-5-13/h2-5,8-9,11-12H,6-7H2,1H3. The van der Waals surface area contributed by atoms with Crippen molar-refractivity contribution in [1.82, 2.24) is 15.4 Å². The molecule has 1 aromatic rings. The highest BCUT2D eigenvalue weighted by molar-refractivity contribution is 5.76. The Morgan fingerprint density at radius 3 is 2.67 bits per heavy atom. The Bertz CT molecular complexity index is 315. The molecule has 2 unspecified atom stereocenters. The first-order valence-electron chi connectivity index (χ1n) is 5.07. The lowest BCUT2D eigenvalue weighted by Gasteiger charge is -2.27. The van der Waals surface area contributed by atoms with Gasteiger partial charge in [-0.05, 0) is 19.1 Å². The first-order valence-corrected chi connectivity index (χ1v) is 5.07. The van der Waals surface area contributed by atoms with E-state index in [1.54, 1.807) is 12.4 Å². The number of piperazine rings is 1. The van der Waals surface area contributed by atoms with E-state index < -0.39 is 0 Å². The van der Waals surface area contributed by atoms with Crippen molar-refractivity contribution >= 4 is 5.97 Å². The third-order valence-electron chi connectivity index (χ3n) is 2.40. The third-order valence-corrected chi connectivity index (χ3v) is 2.40. The van der Waals surface area contributed by atoms with E-state index in [9.17, 15) is 4.79 Å². The van der Waals surface area contributed by atoms with Crippen molar-refractivity contribution in [1.29, 1.82) is 0 Å². The van der Waals surface area contributed by atoms with Crippen LogP contribution in [0.2, 0.25) is 0 Å². The molecule has 0 spiro atoms. The molecule has 1 aromatic heterocycles. The maximum absolute atomic E-state index is 11.6. The van der Waals surface area contributed by atoms with Gasteiger partial charge in [0.25, 0.3) is 0 Å². The molecular weight excluding hydrogens is 194 g/mol. The van der Waals surface area contributed by atoms with E-state index in [-0.39, 0.29) is 12.0 Å². The highest BCUT2D eigenvalue weighted by Gasteiger charge is 2.25. The summed E-state index contributed by atoms with van der Waals surface area (Å²) in [5, 5.41) is 6.35. The Kier molecular flexibility index (Phi) is 3.03. The Morgan fingerprint density at radius 2 is 2.07 bits per heavy atom. The smallest absolute Gasteiger partial charge is 0.335 e. The van der Waals surface area contributed by atoms with Crippen LogP contribution in [0.1, 0.15) is 6.92 Å². The molecule has 0 aliphatic carbocycles. The summed E-state index contributed by atoms with van der Waals surface area (Å²) in [6.07, 6.45) is 3.38. The molecule has 5 nitrogen and oxygen atoms in total. The lowest BCUT2D eigenvalue weighted by Crippen LogP contribution is -2.57. The van der Waals surface area contributed by atoms with Crippen LogP contribution in [0.4, 0.5) is 0 Å². The van der Waals surface area contributed by atoms with E-state index in [2.05, 4.69) is 17.6 Å². The zero-order valence-corrected chi connectivity index (χ0v) is 8.64. The Hall–Kier alpha value is -1.33. The van der Waals surface area contributed by atoms with E-state index >= 15 is 0 Å². The summed E-state index contributed by atoms with van der Waals surface area (Å²) in [4.78, 5) is 16.7. The van der Waals surface area contributed by atoms with Crippen molar-refractivity contribution in [2.24, 2.45) is 0 Å². The molecular formula is C10H15N3O2. The lowest BCUT2D eigenvalue weighted by atomic mass is 10.2. The molecule has 2 heterocycles. The highest BCUT2D eigenvalue weighted by Crippen LogP contribution is 1.95. The molecule has 0 aromatic carbocycles. The average molecular weight is 209 g/mol. The number of hydrogen-bond acceptors (Lipinski definition) is 4. The fraction of sp³-hybridized carbons (Fsp3) is 0.500. The molecule has 0 saturated carbocycles. The monoisotopic (exact) mass is 209 g/mol. The van der Waals surface area contributed by atoms with Crippen LogP contribution in [0.3, 0.4) is 0 Å². The zero-order chi connectivity index (χ0) is 10.7. The van der Waals surface area contributed by atoms with Crippen LogP contribution in [0, 0.1) is 0 Å². The van der Waals surface area contributed by atoms with Crippen LogP contribution in [-0.2, 0) is 4.79 Å². The number of carbonyl (C=O) groups is 1. The molecule has 2 rings (SSSR count). The molecule has 1 fully saturated rings. The quantitative estimate of drug-likeness (QED) is 0.682. The SMILES string of the molecule is CC1CNC(C(=O)On2cccc2)CN1. The second kappa shape index (κ2) is 4.46. The normalized spacial score (nSPS) is 26.2. The summed E-state index contributed by atoms with van der Waals surface area (Å²) in [5.41, 5.74) is 0. The maximum atomic E-state index is 11.6.